The minimum Gasteiger partial charge on any atom is -0.469 e. The zero-order valence-electron chi connectivity index (χ0n) is 14.1. The molecule has 1 heterocycles. The first kappa shape index (κ1) is 17.7. The molecule has 0 aromatic heterocycles. The number of nitrogens with zero attached hydrogens (tertiary/aromatic N) is 3. The van der Waals surface area contributed by atoms with Crippen LogP contribution in [-0.2, 0) is 16.1 Å². The average Bonchev–Trinajstić information content (AvgIpc) is 2.96. The van der Waals surface area contributed by atoms with Crippen LogP contribution < -0.4 is 5.32 Å². The zero-order valence-corrected chi connectivity index (χ0v) is 14.1. The van der Waals surface area contributed by atoms with Gasteiger partial charge in [-0.3, -0.25) is 19.9 Å². The number of nitro groups is 1. The molecule has 1 fully saturated rings. The van der Waals surface area contributed by atoms with Crippen LogP contribution in [0.1, 0.15) is 12.5 Å². The quantitative estimate of drug-likeness (QED) is 0.294. The number of hydrogen-bond donors (Lipinski definition) is 1. The van der Waals surface area contributed by atoms with E-state index >= 15 is 0 Å². The predicted molar refractivity (Wildman–Crippen MR) is 89.5 cm³/mol. The summed E-state index contributed by atoms with van der Waals surface area (Å²) in [5, 5.41) is 14.2. The summed E-state index contributed by atoms with van der Waals surface area (Å²) in [4.78, 5) is 28.7. The number of aliphatic imine (C=N–C) groups is 1. The van der Waals surface area contributed by atoms with E-state index in [1.165, 1.54) is 13.2 Å². The standard InChI is InChI=1S/C16H22N4O4/c1-11-9-19(10-13(11)15(21)24-3)16(17-2)18-8-12-6-4-5-7-14(12)20(22)23/h4-7,11,13H,8-10H2,1-3H3,(H,17,18). The van der Waals surface area contributed by atoms with Gasteiger partial charge in [0, 0.05) is 38.3 Å². The first-order valence-electron chi connectivity index (χ1n) is 7.73. The number of esters is 1. The van der Waals surface area contributed by atoms with Crippen LogP contribution in [0, 0.1) is 22.0 Å². The number of nitrogens with one attached hydrogen (secondary N) is 1. The van der Waals surface area contributed by atoms with E-state index in [-0.39, 0.29) is 30.0 Å². The minimum atomic E-state index is -0.398. The molecule has 2 rings (SSSR count). The molecular formula is C16H22N4O4. The van der Waals surface area contributed by atoms with Crippen molar-refractivity contribution in [2.75, 3.05) is 27.2 Å². The van der Waals surface area contributed by atoms with Gasteiger partial charge in [-0.05, 0) is 5.92 Å². The lowest BCUT2D eigenvalue weighted by Gasteiger charge is -2.21. The number of ether oxygens (including phenoxy) is 1. The normalized spacial score (nSPS) is 20.8. The summed E-state index contributed by atoms with van der Waals surface area (Å²) in [5.41, 5.74) is 0.656. The van der Waals surface area contributed by atoms with Crippen LogP contribution in [0.2, 0.25) is 0 Å². The average molecular weight is 334 g/mol. The number of carbonyl (C=O) groups excluding carboxylic acids is 1. The third-order valence-corrected chi connectivity index (χ3v) is 4.25. The molecule has 1 saturated heterocycles. The SMILES string of the molecule is CN=C(NCc1ccccc1[N+](=O)[O-])N1CC(C)C(C(=O)OC)C1. The van der Waals surface area contributed by atoms with E-state index in [0.29, 0.717) is 24.6 Å². The number of para-hydroxylation sites is 1. The smallest absolute Gasteiger partial charge is 0.310 e. The van der Waals surface area contributed by atoms with Crippen LogP contribution in [0.4, 0.5) is 5.69 Å². The van der Waals surface area contributed by atoms with E-state index in [1.807, 2.05) is 11.8 Å². The van der Waals surface area contributed by atoms with Gasteiger partial charge in [0.1, 0.15) is 0 Å². The third-order valence-electron chi connectivity index (χ3n) is 4.25. The monoisotopic (exact) mass is 334 g/mol. The van der Waals surface area contributed by atoms with Crippen molar-refractivity contribution >= 4 is 17.6 Å². The van der Waals surface area contributed by atoms with Crippen LogP contribution in [0.15, 0.2) is 29.3 Å². The summed E-state index contributed by atoms with van der Waals surface area (Å²) in [6.45, 7) is 3.48. The van der Waals surface area contributed by atoms with Gasteiger partial charge in [0.25, 0.3) is 5.69 Å². The highest BCUT2D eigenvalue weighted by molar-refractivity contribution is 5.82. The number of hydrogen-bond acceptors (Lipinski definition) is 5. The van der Waals surface area contributed by atoms with Gasteiger partial charge in [-0.15, -0.1) is 0 Å². The Morgan fingerprint density at radius 3 is 2.79 bits per heavy atom. The second-order valence-corrected chi connectivity index (χ2v) is 5.80. The van der Waals surface area contributed by atoms with Crippen molar-refractivity contribution in [3.8, 4) is 0 Å². The van der Waals surface area contributed by atoms with Crippen LogP contribution in [0.3, 0.4) is 0 Å². The molecule has 0 bridgehead atoms. The fraction of sp³-hybridized carbons (Fsp3) is 0.500. The van der Waals surface area contributed by atoms with Gasteiger partial charge in [0.05, 0.1) is 18.0 Å². The summed E-state index contributed by atoms with van der Waals surface area (Å²) in [6.07, 6.45) is 0. The molecule has 2 unspecified atom stereocenters. The number of guanidine groups is 1. The summed E-state index contributed by atoms with van der Waals surface area (Å²) < 4.78 is 4.84. The van der Waals surface area contributed by atoms with E-state index in [4.69, 9.17) is 4.74 Å². The number of benzene rings is 1. The molecule has 24 heavy (non-hydrogen) atoms. The highest BCUT2D eigenvalue weighted by Gasteiger charge is 2.36. The highest BCUT2D eigenvalue weighted by Crippen LogP contribution is 2.24. The Hall–Kier alpha value is -2.64. The topological polar surface area (TPSA) is 97.1 Å². The van der Waals surface area contributed by atoms with Gasteiger partial charge in [-0.1, -0.05) is 25.1 Å². The lowest BCUT2D eigenvalue weighted by atomic mass is 9.99. The molecule has 0 amide bonds. The Balaban J connectivity index is 2.04. The van der Waals surface area contributed by atoms with E-state index in [0.717, 1.165) is 0 Å². The molecule has 1 aromatic rings. The van der Waals surface area contributed by atoms with Crippen molar-refractivity contribution in [3.05, 3.63) is 39.9 Å². The Kier molecular flexibility index (Phi) is 5.73. The first-order chi connectivity index (χ1) is 11.5. The molecule has 1 aromatic carbocycles. The second-order valence-electron chi connectivity index (χ2n) is 5.80. The number of nitro benzene ring substituents is 1. The van der Waals surface area contributed by atoms with Crippen LogP contribution in [-0.4, -0.2) is 49.0 Å². The molecule has 0 spiro atoms. The third kappa shape index (κ3) is 3.81. The van der Waals surface area contributed by atoms with E-state index in [2.05, 4.69) is 10.3 Å². The summed E-state index contributed by atoms with van der Waals surface area (Å²) in [6, 6.07) is 6.59. The van der Waals surface area contributed by atoms with Crippen molar-refractivity contribution < 1.29 is 14.5 Å². The maximum absolute atomic E-state index is 11.8. The molecule has 2 atom stereocenters. The van der Waals surface area contributed by atoms with Crippen LogP contribution in [0.5, 0.6) is 0 Å². The fourth-order valence-corrected chi connectivity index (χ4v) is 2.94. The summed E-state index contributed by atoms with van der Waals surface area (Å²) >= 11 is 0. The van der Waals surface area contributed by atoms with E-state index < -0.39 is 4.92 Å². The molecule has 0 aliphatic carbocycles. The molecule has 8 nitrogen and oxygen atoms in total. The molecule has 1 N–H and O–H groups in total. The van der Waals surface area contributed by atoms with Gasteiger partial charge >= 0.3 is 5.97 Å². The van der Waals surface area contributed by atoms with Crippen LogP contribution in [0.25, 0.3) is 0 Å². The number of likely N-dealkylation sites (tertiary alicyclic amines) is 1. The first-order valence-corrected chi connectivity index (χ1v) is 7.73. The largest absolute Gasteiger partial charge is 0.469 e. The van der Waals surface area contributed by atoms with Gasteiger partial charge < -0.3 is 15.0 Å². The van der Waals surface area contributed by atoms with Gasteiger partial charge in [0.15, 0.2) is 5.96 Å². The Labute approximate surface area is 140 Å². The maximum Gasteiger partial charge on any atom is 0.310 e. The Bertz CT molecular complexity index is 647. The van der Waals surface area contributed by atoms with Crippen molar-refractivity contribution in [1.29, 1.82) is 0 Å². The molecule has 0 radical (unpaired) electrons. The van der Waals surface area contributed by atoms with E-state index in [1.54, 1.807) is 25.2 Å². The highest BCUT2D eigenvalue weighted by atomic mass is 16.6. The maximum atomic E-state index is 11.8. The lowest BCUT2D eigenvalue weighted by Crippen LogP contribution is -2.40. The number of carbonyl (C=O) groups is 1. The summed E-state index contributed by atoms with van der Waals surface area (Å²) in [5.74, 6) is 0.354. The van der Waals surface area contributed by atoms with Crippen molar-refractivity contribution in [2.24, 2.45) is 16.8 Å². The van der Waals surface area contributed by atoms with Gasteiger partial charge in [-0.25, -0.2) is 0 Å². The van der Waals surface area contributed by atoms with Crippen molar-refractivity contribution in [3.63, 3.8) is 0 Å². The molecule has 130 valence electrons. The van der Waals surface area contributed by atoms with Gasteiger partial charge in [0.2, 0.25) is 0 Å². The number of methoxy groups -OCH3 is 1. The molecule has 8 heteroatoms. The zero-order chi connectivity index (χ0) is 17.7. The minimum absolute atomic E-state index is 0.0719. The second kappa shape index (κ2) is 7.76. The molecule has 1 aliphatic heterocycles. The molecule has 1 aliphatic rings. The predicted octanol–water partition coefficient (Wildman–Crippen LogP) is 1.41. The Morgan fingerprint density at radius 2 is 2.17 bits per heavy atom. The molecule has 0 saturated carbocycles. The Morgan fingerprint density at radius 1 is 1.46 bits per heavy atom. The fourth-order valence-electron chi connectivity index (χ4n) is 2.94. The van der Waals surface area contributed by atoms with Crippen LogP contribution >= 0.6 is 0 Å². The van der Waals surface area contributed by atoms with Crippen molar-refractivity contribution in [1.82, 2.24) is 10.2 Å². The lowest BCUT2D eigenvalue weighted by molar-refractivity contribution is -0.385. The molecular weight excluding hydrogens is 312 g/mol. The van der Waals surface area contributed by atoms with Gasteiger partial charge in [-0.2, -0.15) is 0 Å². The summed E-state index contributed by atoms with van der Waals surface area (Å²) in [7, 11) is 3.04. The van der Waals surface area contributed by atoms with Crippen molar-refractivity contribution in [2.45, 2.75) is 13.5 Å². The van der Waals surface area contributed by atoms with E-state index in [9.17, 15) is 14.9 Å². The number of rotatable bonds is 4.